The van der Waals surface area contributed by atoms with E-state index in [0.29, 0.717) is 29.2 Å². The molecule has 0 heterocycles. The third kappa shape index (κ3) is 5.34. The lowest BCUT2D eigenvalue weighted by Crippen LogP contribution is -2.32. The molecular weight excluding hydrogens is 369 g/mol. The molecule has 0 aliphatic heterocycles. The number of benzene rings is 1. The second-order valence-corrected chi connectivity index (χ2v) is 7.83. The maximum Gasteiger partial charge on any atom is 0.251 e. The van der Waals surface area contributed by atoms with Crippen molar-refractivity contribution in [2.75, 3.05) is 6.54 Å². The molecule has 0 saturated heterocycles. The quantitative estimate of drug-likeness (QED) is 0.465. The van der Waals surface area contributed by atoms with E-state index in [1.807, 2.05) is 0 Å². The Morgan fingerprint density at radius 3 is 2.55 bits per heavy atom. The average molecular weight is 397 g/mol. The molecule has 0 unspecified atom stereocenters. The van der Waals surface area contributed by atoms with Crippen molar-refractivity contribution in [3.63, 3.8) is 0 Å². The van der Waals surface area contributed by atoms with Crippen LogP contribution < -0.4 is 16.4 Å². The highest BCUT2D eigenvalue weighted by Crippen LogP contribution is 2.25. The van der Waals surface area contributed by atoms with Gasteiger partial charge >= 0.3 is 0 Å². The highest BCUT2D eigenvalue weighted by atomic mass is 19.1. The number of amides is 2. The maximum atomic E-state index is 14.4. The summed E-state index contributed by atoms with van der Waals surface area (Å²) in [4.78, 5) is 24.6. The van der Waals surface area contributed by atoms with Gasteiger partial charge in [0, 0.05) is 35.0 Å². The number of nitrogens with one attached hydrogen (secondary N) is 2. The molecule has 6 heteroatoms. The van der Waals surface area contributed by atoms with Crippen molar-refractivity contribution in [1.82, 2.24) is 10.6 Å². The predicted octanol–water partition coefficient (Wildman–Crippen LogP) is 3.35. The van der Waals surface area contributed by atoms with Gasteiger partial charge in [0.25, 0.3) is 11.8 Å². The van der Waals surface area contributed by atoms with Crippen LogP contribution in [0.2, 0.25) is 0 Å². The van der Waals surface area contributed by atoms with Gasteiger partial charge in [-0.2, -0.15) is 0 Å². The van der Waals surface area contributed by atoms with E-state index in [9.17, 15) is 14.0 Å². The van der Waals surface area contributed by atoms with Gasteiger partial charge in [0.1, 0.15) is 5.82 Å². The van der Waals surface area contributed by atoms with Crippen LogP contribution in [0.4, 0.5) is 4.39 Å². The lowest BCUT2D eigenvalue weighted by molar-refractivity contribution is -0.117. The molecule has 0 atom stereocenters. The van der Waals surface area contributed by atoms with Crippen molar-refractivity contribution in [3.05, 3.63) is 65.0 Å². The predicted molar refractivity (Wildman–Crippen MR) is 112 cm³/mol. The topological polar surface area (TPSA) is 84.2 Å². The van der Waals surface area contributed by atoms with Gasteiger partial charge in [-0.3, -0.25) is 9.59 Å². The molecule has 1 aromatic carbocycles. The molecule has 2 saturated carbocycles. The molecule has 154 valence electrons. The Morgan fingerprint density at radius 2 is 1.97 bits per heavy atom. The third-order valence-corrected chi connectivity index (χ3v) is 5.53. The SMILES string of the molecule is C=C/C(=C\C=C(/N)c1cc(C(=O)NC2CC2)cc(F)c1C)C(=O)NCC1CCC1. The monoisotopic (exact) mass is 397 g/mol. The number of hydrogen-bond donors (Lipinski definition) is 3. The second-order valence-electron chi connectivity index (χ2n) is 7.83. The summed E-state index contributed by atoms with van der Waals surface area (Å²) in [5.41, 5.74) is 7.83. The highest BCUT2D eigenvalue weighted by molar-refractivity contribution is 5.97. The molecule has 2 aliphatic carbocycles. The van der Waals surface area contributed by atoms with Gasteiger partial charge in [0.2, 0.25) is 0 Å². The minimum atomic E-state index is -0.494. The Kier molecular flexibility index (Phi) is 6.52. The van der Waals surface area contributed by atoms with Crippen LogP contribution in [0, 0.1) is 18.7 Å². The summed E-state index contributed by atoms with van der Waals surface area (Å²) in [7, 11) is 0. The van der Waals surface area contributed by atoms with Crippen LogP contribution in [-0.4, -0.2) is 24.4 Å². The fourth-order valence-electron chi connectivity index (χ4n) is 3.15. The van der Waals surface area contributed by atoms with E-state index < -0.39 is 5.82 Å². The first-order valence-corrected chi connectivity index (χ1v) is 10.1. The fraction of sp³-hybridized carbons (Fsp3) is 0.391. The van der Waals surface area contributed by atoms with E-state index in [2.05, 4.69) is 17.2 Å². The van der Waals surface area contributed by atoms with Gasteiger partial charge in [-0.1, -0.05) is 19.1 Å². The zero-order valence-electron chi connectivity index (χ0n) is 16.8. The summed E-state index contributed by atoms with van der Waals surface area (Å²) in [6.07, 6.45) is 9.99. The average Bonchev–Trinajstić information content (AvgIpc) is 3.46. The van der Waals surface area contributed by atoms with Crippen molar-refractivity contribution >= 4 is 17.5 Å². The van der Waals surface area contributed by atoms with Crippen molar-refractivity contribution < 1.29 is 14.0 Å². The Labute approximate surface area is 170 Å². The summed E-state index contributed by atoms with van der Waals surface area (Å²) in [5.74, 6) is -0.457. The van der Waals surface area contributed by atoms with Crippen LogP contribution >= 0.6 is 0 Å². The lowest BCUT2D eigenvalue weighted by Gasteiger charge is -2.25. The largest absolute Gasteiger partial charge is 0.398 e. The van der Waals surface area contributed by atoms with Crippen molar-refractivity contribution in [3.8, 4) is 0 Å². The molecule has 2 aliphatic rings. The number of nitrogens with two attached hydrogens (primary N) is 1. The highest BCUT2D eigenvalue weighted by Gasteiger charge is 2.24. The number of hydrogen-bond acceptors (Lipinski definition) is 3. The first kappa shape index (κ1) is 20.8. The Morgan fingerprint density at radius 1 is 1.24 bits per heavy atom. The van der Waals surface area contributed by atoms with Gasteiger partial charge < -0.3 is 16.4 Å². The molecule has 0 aromatic heterocycles. The number of carbonyl (C=O) groups is 2. The molecular formula is C23H28FN3O2. The molecule has 4 N–H and O–H groups in total. The molecule has 2 fully saturated rings. The minimum absolute atomic E-state index is 0.180. The van der Waals surface area contributed by atoms with Crippen LogP contribution in [0.25, 0.3) is 5.70 Å². The molecule has 0 bridgehead atoms. The fourth-order valence-corrected chi connectivity index (χ4v) is 3.15. The number of rotatable bonds is 8. The Bertz CT molecular complexity index is 880. The molecule has 3 rings (SSSR count). The Hall–Kier alpha value is -2.89. The smallest absolute Gasteiger partial charge is 0.251 e. The molecule has 1 aromatic rings. The second kappa shape index (κ2) is 9.07. The van der Waals surface area contributed by atoms with E-state index in [1.54, 1.807) is 25.1 Å². The van der Waals surface area contributed by atoms with Crippen molar-refractivity contribution in [1.29, 1.82) is 0 Å². The summed E-state index contributed by atoms with van der Waals surface area (Å²) >= 11 is 0. The first-order chi connectivity index (χ1) is 13.9. The minimum Gasteiger partial charge on any atom is -0.398 e. The van der Waals surface area contributed by atoms with Crippen molar-refractivity contribution in [2.24, 2.45) is 11.7 Å². The lowest BCUT2D eigenvalue weighted by atomic mass is 9.85. The zero-order chi connectivity index (χ0) is 21.0. The van der Waals surface area contributed by atoms with E-state index in [0.717, 1.165) is 25.7 Å². The standard InChI is InChI=1S/C23H28FN3O2/c1-3-16(22(28)26-13-15-5-4-6-15)7-10-21(25)19-11-17(12-20(24)14(19)2)23(29)27-18-8-9-18/h3,7,10-12,15,18H,1,4-6,8-9,13,25H2,2H3,(H,26,28)(H,27,29)/b16-7+,21-10-. The summed E-state index contributed by atoms with van der Waals surface area (Å²) in [6, 6.07) is 2.99. The van der Waals surface area contributed by atoms with Crippen LogP contribution in [0.3, 0.4) is 0 Å². The van der Waals surface area contributed by atoms with E-state index in [1.165, 1.54) is 18.6 Å². The Balaban J connectivity index is 1.76. The van der Waals surface area contributed by atoms with Crippen LogP contribution in [0.5, 0.6) is 0 Å². The third-order valence-electron chi connectivity index (χ3n) is 5.53. The van der Waals surface area contributed by atoms with E-state index in [-0.39, 0.29) is 29.1 Å². The number of halogens is 1. The maximum absolute atomic E-state index is 14.4. The summed E-state index contributed by atoms with van der Waals surface area (Å²) in [5, 5.41) is 5.75. The van der Waals surface area contributed by atoms with Gasteiger partial charge in [0.05, 0.1) is 0 Å². The zero-order valence-corrected chi connectivity index (χ0v) is 16.8. The summed E-state index contributed by atoms with van der Waals surface area (Å²) < 4.78 is 14.4. The molecule has 29 heavy (non-hydrogen) atoms. The van der Waals surface area contributed by atoms with Crippen LogP contribution in [0.1, 0.15) is 53.6 Å². The van der Waals surface area contributed by atoms with Gasteiger partial charge in [-0.15, -0.1) is 0 Å². The van der Waals surface area contributed by atoms with E-state index >= 15 is 0 Å². The molecule has 2 amide bonds. The van der Waals surface area contributed by atoms with Crippen molar-refractivity contribution in [2.45, 2.75) is 45.1 Å². The molecule has 0 radical (unpaired) electrons. The molecule has 5 nitrogen and oxygen atoms in total. The van der Waals surface area contributed by atoms with Crippen LogP contribution in [-0.2, 0) is 4.79 Å². The van der Waals surface area contributed by atoms with E-state index in [4.69, 9.17) is 5.73 Å². The van der Waals surface area contributed by atoms with Gasteiger partial charge in [-0.05, 0) is 68.4 Å². The normalized spacial score (nSPS) is 17.4. The van der Waals surface area contributed by atoms with Crippen LogP contribution in [0.15, 0.2) is 42.5 Å². The van der Waals surface area contributed by atoms with Gasteiger partial charge in [-0.25, -0.2) is 4.39 Å². The first-order valence-electron chi connectivity index (χ1n) is 10.1. The number of allylic oxidation sites excluding steroid dienone is 2. The molecule has 0 spiro atoms. The number of carbonyl (C=O) groups excluding carboxylic acids is 2. The van der Waals surface area contributed by atoms with Gasteiger partial charge in [0.15, 0.2) is 0 Å². The summed E-state index contributed by atoms with van der Waals surface area (Å²) in [6.45, 7) is 5.95.